The topological polar surface area (TPSA) is 46.6 Å². The molecule has 1 aromatic rings. The summed E-state index contributed by atoms with van der Waals surface area (Å²) in [5.41, 5.74) is 0.473. The smallest absolute Gasteiger partial charge is 0.314 e. The average Bonchev–Trinajstić information content (AvgIpc) is 2.63. The fourth-order valence-corrected chi connectivity index (χ4v) is 3.67. The number of carbonyl (C=O) groups excluding carboxylic acids is 2. The third kappa shape index (κ3) is 5.36. The van der Waals surface area contributed by atoms with E-state index in [-0.39, 0.29) is 11.9 Å². The molecule has 0 aliphatic carbocycles. The predicted molar refractivity (Wildman–Crippen MR) is 103 cm³/mol. The number of benzene rings is 1. The normalized spacial score (nSPS) is 20.6. The number of piperidine rings is 1. The van der Waals surface area contributed by atoms with Crippen LogP contribution in [0.4, 0.5) is 0 Å². The van der Waals surface area contributed by atoms with E-state index in [4.69, 9.17) is 4.74 Å². The zero-order chi connectivity index (χ0) is 18.1. The zero-order valence-electron chi connectivity index (χ0n) is 15.1. The standard InChI is InChI=1S/C20H27NO3S/c1-3-24-19(23)20(12-7-11-17-9-5-4-6-10-17)13-8-14-21(16-20)18(22)15-25-2/h4-7,9-11H,3,8,12-16H2,1-2H3/b11-7+. The van der Waals surface area contributed by atoms with E-state index < -0.39 is 5.41 Å². The highest BCUT2D eigenvalue weighted by atomic mass is 32.2. The Labute approximate surface area is 154 Å². The van der Waals surface area contributed by atoms with Crippen LogP contribution in [-0.4, -0.2) is 48.5 Å². The van der Waals surface area contributed by atoms with E-state index in [1.807, 2.05) is 60.6 Å². The Morgan fingerprint density at radius 2 is 2.08 bits per heavy atom. The molecule has 0 N–H and O–H groups in total. The van der Waals surface area contributed by atoms with Crippen molar-refractivity contribution in [2.75, 3.05) is 31.7 Å². The molecule has 5 heteroatoms. The minimum Gasteiger partial charge on any atom is -0.466 e. The molecule has 1 aromatic carbocycles. The van der Waals surface area contributed by atoms with Crippen molar-refractivity contribution in [1.82, 2.24) is 4.90 Å². The van der Waals surface area contributed by atoms with Gasteiger partial charge in [-0.25, -0.2) is 0 Å². The Morgan fingerprint density at radius 3 is 2.76 bits per heavy atom. The average molecular weight is 362 g/mol. The van der Waals surface area contributed by atoms with E-state index in [9.17, 15) is 9.59 Å². The van der Waals surface area contributed by atoms with Crippen LogP contribution in [0.15, 0.2) is 36.4 Å². The third-order valence-corrected chi connectivity index (χ3v) is 5.06. The summed E-state index contributed by atoms with van der Waals surface area (Å²) in [7, 11) is 0. The second-order valence-corrected chi connectivity index (χ2v) is 7.24. The fraction of sp³-hybridized carbons (Fsp3) is 0.500. The first-order chi connectivity index (χ1) is 12.1. The third-order valence-electron chi connectivity index (χ3n) is 4.52. The van der Waals surface area contributed by atoms with E-state index in [1.165, 1.54) is 11.8 Å². The Morgan fingerprint density at radius 1 is 1.32 bits per heavy atom. The van der Waals surface area contributed by atoms with Crippen molar-refractivity contribution in [3.8, 4) is 0 Å². The first-order valence-electron chi connectivity index (χ1n) is 8.77. The SMILES string of the molecule is CCOC(=O)C1(C/C=C/c2ccccc2)CCCN(C(=O)CSC)C1. The zero-order valence-corrected chi connectivity index (χ0v) is 15.9. The Hall–Kier alpha value is -1.75. The monoisotopic (exact) mass is 361 g/mol. The van der Waals surface area contributed by atoms with E-state index >= 15 is 0 Å². The minimum atomic E-state index is -0.631. The van der Waals surface area contributed by atoms with Crippen molar-refractivity contribution in [3.05, 3.63) is 42.0 Å². The van der Waals surface area contributed by atoms with Crippen LogP contribution in [0.2, 0.25) is 0 Å². The highest BCUT2D eigenvalue weighted by molar-refractivity contribution is 7.99. The fourth-order valence-electron chi connectivity index (χ4n) is 3.24. The van der Waals surface area contributed by atoms with Gasteiger partial charge in [-0.1, -0.05) is 42.5 Å². The number of allylic oxidation sites excluding steroid dienone is 1. The molecule has 25 heavy (non-hydrogen) atoms. The molecule has 1 atom stereocenters. The van der Waals surface area contributed by atoms with E-state index in [2.05, 4.69) is 0 Å². The van der Waals surface area contributed by atoms with Gasteiger partial charge in [-0.3, -0.25) is 9.59 Å². The van der Waals surface area contributed by atoms with Crippen molar-refractivity contribution in [3.63, 3.8) is 0 Å². The van der Waals surface area contributed by atoms with Crippen LogP contribution >= 0.6 is 11.8 Å². The number of esters is 1. The quantitative estimate of drug-likeness (QED) is 0.696. The number of carbonyl (C=O) groups is 2. The molecule has 0 bridgehead atoms. The van der Waals surface area contributed by atoms with Crippen molar-refractivity contribution in [2.24, 2.45) is 5.41 Å². The molecule has 1 aliphatic rings. The highest BCUT2D eigenvalue weighted by Gasteiger charge is 2.43. The van der Waals surface area contributed by atoms with Gasteiger partial charge < -0.3 is 9.64 Å². The van der Waals surface area contributed by atoms with Crippen LogP contribution < -0.4 is 0 Å². The molecule has 0 spiro atoms. The maximum Gasteiger partial charge on any atom is 0.314 e. The summed E-state index contributed by atoms with van der Waals surface area (Å²) in [5.74, 6) is 0.376. The maximum atomic E-state index is 12.7. The van der Waals surface area contributed by atoms with Crippen molar-refractivity contribution < 1.29 is 14.3 Å². The van der Waals surface area contributed by atoms with Gasteiger partial charge in [0.05, 0.1) is 17.8 Å². The van der Waals surface area contributed by atoms with Crippen LogP contribution in [0.5, 0.6) is 0 Å². The number of nitrogens with zero attached hydrogens (tertiary/aromatic N) is 1. The summed E-state index contributed by atoms with van der Waals surface area (Å²) >= 11 is 1.52. The molecule has 1 aliphatic heterocycles. The van der Waals surface area contributed by atoms with Crippen LogP contribution in [0.25, 0.3) is 6.08 Å². The van der Waals surface area contributed by atoms with Gasteiger partial charge in [0.25, 0.3) is 0 Å². The molecule has 136 valence electrons. The minimum absolute atomic E-state index is 0.105. The molecule has 1 unspecified atom stereocenters. The van der Waals surface area contributed by atoms with Gasteiger partial charge >= 0.3 is 5.97 Å². The van der Waals surface area contributed by atoms with Gasteiger partial charge in [0.1, 0.15) is 0 Å². The largest absolute Gasteiger partial charge is 0.466 e. The number of amides is 1. The maximum absolute atomic E-state index is 12.7. The van der Waals surface area contributed by atoms with Gasteiger partial charge in [0.15, 0.2) is 0 Å². The summed E-state index contributed by atoms with van der Waals surface area (Å²) in [6, 6.07) is 10.0. The van der Waals surface area contributed by atoms with Gasteiger partial charge in [0.2, 0.25) is 5.91 Å². The Kier molecular flexibility index (Phi) is 7.56. The van der Waals surface area contributed by atoms with Crippen LogP contribution in [0.1, 0.15) is 31.7 Å². The summed E-state index contributed by atoms with van der Waals surface area (Å²) in [5, 5.41) is 0. The molecule has 0 saturated carbocycles. The van der Waals surface area contributed by atoms with Gasteiger partial charge in [-0.05, 0) is 38.0 Å². The van der Waals surface area contributed by atoms with Crippen LogP contribution in [0.3, 0.4) is 0 Å². The number of thioether (sulfide) groups is 1. The lowest BCUT2D eigenvalue weighted by Crippen LogP contribution is -2.50. The lowest BCUT2D eigenvalue weighted by Gasteiger charge is -2.40. The molecule has 2 rings (SSSR count). The van der Waals surface area contributed by atoms with Crippen molar-refractivity contribution in [1.29, 1.82) is 0 Å². The second-order valence-electron chi connectivity index (χ2n) is 6.37. The molecular weight excluding hydrogens is 334 g/mol. The van der Waals surface area contributed by atoms with E-state index in [0.717, 1.165) is 24.9 Å². The Bertz CT molecular complexity index is 602. The van der Waals surface area contributed by atoms with E-state index in [0.29, 0.717) is 25.3 Å². The Balaban J connectivity index is 2.14. The van der Waals surface area contributed by atoms with Crippen LogP contribution in [0, 0.1) is 5.41 Å². The lowest BCUT2D eigenvalue weighted by molar-refractivity contribution is -0.160. The molecule has 4 nitrogen and oxygen atoms in total. The predicted octanol–water partition coefficient (Wildman–Crippen LogP) is 3.62. The van der Waals surface area contributed by atoms with Crippen molar-refractivity contribution in [2.45, 2.75) is 26.2 Å². The molecule has 1 fully saturated rings. The first kappa shape index (κ1) is 19.6. The number of hydrogen-bond acceptors (Lipinski definition) is 4. The van der Waals surface area contributed by atoms with Gasteiger partial charge in [-0.2, -0.15) is 11.8 Å². The molecule has 1 saturated heterocycles. The van der Waals surface area contributed by atoms with Gasteiger partial charge in [0, 0.05) is 13.1 Å². The van der Waals surface area contributed by atoms with E-state index in [1.54, 1.807) is 0 Å². The molecule has 0 aromatic heterocycles. The number of ether oxygens (including phenoxy) is 1. The molecule has 1 heterocycles. The van der Waals surface area contributed by atoms with Crippen LogP contribution in [-0.2, 0) is 14.3 Å². The first-order valence-corrected chi connectivity index (χ1v) is 10.2. The second kappa shape index (κ2) is 9.66. The molecular formula is C20H27NO3S. The summed E-state index contributed by atoms with van der Waals surface area (Å²) in [6.45, 7) is 3.36. The summed E-state index contributed by atoms with van der Waals surface area (Å²) in [6.07, 6.45) is 8.16. The molecule has 0 radical (unpaired) electrons. The summed E-state index contributed by atoms with van der Waals surface area (Å²) < 4.78 is 5.36. The number of likely N-dealkylation sites (tertiary alicyclic amines) is 1. The summed E-state index contributed by atoms with van der Waals surface area (Å²) in [4.78, 5) is 26.8. The highest BCUT2D eigenvalue weighted by Crippen LogP contribution is 2.36. The lowest BCUT2D eigenvalue weighted by atomic mass is 9.76. The van der Waals surface area contributed by atoms with Crippen molar-refractivity contribution >= 4 is 29.7 Å². The number of hydrogen-bond donors (Lipinski definition) is 0. The molecule has 1 amide bonds. The number of rotatable bonds is 7. The van der Waals surface area contributed by atoms with Gasteiger partial charge in [-0.15, -0.1) is 0 Å².